The number of benzene rings is 1. The average Bonchev–Trinajstić information content (AvgIpc) is 2.46. The van der Waals surface area contributed by atoms with Crippen LogP contribution in [-0.2, 0) is 0 Å². The zero-order valence-corrected chi connectivity index (χ0v) is 15.0. The number of hydrogen-bond donors (Lipinski definition) is 0. The number of hydrogen-bond acceptors (Lipinski definition) is 4. The molecule has 0 N–H and O–H groups in total. The molecule has 1 aromatic rings. The summed E-state index contributed by atoms with van der Waals surface area (Å²) in [6, 6.07) is 7.52. The molecule has 0 amide bonds. The molecule has 0 fully saturated rings. The third kappa shape index (κ3) is 4.86. The number of thiocarbonyl (C=S) groups is 2. The average molecular weight is 377 g/mol. The Morgan fingerprint density at radius 2 is 1.80 bits per heavy atom. The number of allylic oxidation sites excluding steroid dienone is 4. The van der Waals surface area contributed by atoms with Gasteiger partial charge in [-0.05, 0) is 51.8 Å². The predicted molar refractivity (Wildman–Crippen MR) is 102 cm³/mol. The summed E-state index contributed by atoms with van der Waals surface area (Å²) in [6.07, 6.45) is 6.78. The quantitative estimate of drug-likeness (QED) is 0.430. The van der Waals surface area contributed by atoms with Gasteiger partial charge in [-0.1, -0.05) is 71.9 Å². The van der Waals surface area contributed by atoms with Crippen molar-refractivity contribution in [1.82, 2.24) is 0 Å². The van der Waals surface area contributed by atoms with Crippen molar-refractivity contribution in [3.05, 3.63) is 58.1 Å². The van der Waals surface area contributed by atoms with E-state index in [9.17, 15) is 0 Å². The standard InChI is InChI=1S/C14H10Cl2S4/c15-11-5-1-9(2-6-11)13(17)19-20-14(18)10-3-7-12(16)8-4-10/h1-3,5-8,10H,4H2. The third-order valence-electron chi connectivity index (χ3n) is 2.64. The van der Waals surface area contributed by atoms with Crippen molar-refractivity contribution >= 4 is 77.6 Å². The van der Waals surface area contributed by atoms with Crippen molar-refractivity contribution in [1.29, 1.82) is 0 Å². The Bertz CT molecular complexity index is 575. The zero-order chi connectivity index (χ0) is 14.5. The first-order valence-electron chi connectivity index (χ1n) is 5.78. The van der Waals surface area contributed by atoms with Crippen LogP contribution >= 0.6 is 69.2 Å². The molecule has 0 spiro atoms. The molecule has 1 aliphatic carbocycles. The lowest BCUT2D eigenvalue weighted by atomic mass is 10.0. The molecule has 0 radical (unpaired) electrons. The van der Waals surface area contributed by atoms with E-state index in [-0.39, 0.29) is 5.92 Å². The van der Waals surface area contributed by atoms with Crippen LogP contribution in [0.2, 0.25) is 5.02 Å². The van der Waals surface area contributed by atoms with Crippen molar-refractivity contribution in [2.45, 2.75) is 6.42 Å². The molecular formula is C14H10Cl2S4. The Morgan fingerprint density at radius 3 is 2.40 bits per heavy atom. The Labute approximate surface area is 147 Å². The molecule has 2 rings (SSSR count). The highest BCUT2D eigenvalue weighted by molar-refractivity contribution is 8.89. The van der Waals surface area contributed by atoms with Crippen molar-refractivity contribution in [3.8, 4) is 0 Å². The first kappa shape index (κ1) is 16.5. The summed E-state index contributed by atoms with van der Waals surface area (Å²) >= 11 is 22.6. The van der Waals surface area contributed by atoms with Crippen LogP contribution in [0.5, 0.6) is 0 Å². The van der Waals surface area contributed by atoms with E-state index in [1.165, 1.54) is 10.8 Å². The van der Waals surface area contributed by atoms with Crippen molar-refractivity contribution < 1.29 is 0 Å². The highest BCUT2D eigenvalue weighted by Crippen LogP contribution is 2.34. The van der Waals surface area contributed by atoms with Crippen molar-refractivity contribution in [2.75, 3.05) is 0 Å². The van der Waals surface area contributed by atoms with Gasteiger partial charge in [0, 0.05) is 16.0 Å². The van der Waals surface area contributed by atoms with Gasteiger partial charge < -0.3 is 0 Å². The molecule has 1 unspecified atom stereocenters. The van der Waals surface area contributed by atoms with Gasteiger partial charge in [0.15, 0.2) is 0 Å². The largest absolute Gasteiger partial charge is 0.0888 e. The minimum atomic E-state index is 0.248. The van der Waals surface area contributed by atoms with Crippen LogP contribution in [0.15, 0.2) is 47.5 Å². The van der Waals surface area contributed by atoms with E-state index in [1.54, 1.807) is 10.8 Å². The van der Waals surface area contributed by atoms with E-state index in [2.05, 4.69) is 0 Å². The Kier molecular flexibility index (Phi) is 6.59. The van der Waals surface area contributed by atoms with Gasteiger partial charge >= 0.3 is 0 Å². The molecule has 0 nitrogen and oxygen atoms in total. The lowest BCUT2D eigenvalue weighted by Gasteiger charge is -2.14. The molecule has 1 atom stereocenters. The molecule has 0 bridgehead atoms. The second-order valence-corrected chi connectivity index (χ2v) is 8.49. The van der Waals surface area contributed by atoms with E-state index in [4.69, 9.17) is 47.6 Å². The summed E-state index contributed by atoms with van der Waals surface area (Å²) in [4.78, 5) is 0. The lowest BCUT2D eigenvalue weighted by molar-refractivity contribution is 0.891. The van der Waals surface area contributed by atoms with Gasteiger partial charge in [0.1, 0.15) is 0 Å². The minimum absolute atomic E-state index is 0.248. The summed E-state index contributed by atoms with van der Waals surface area (Å²) < 4.78 is 1.73. The SMILES string of the molecule is S=C(SSC(=S)C1C=CC(Cl)=CC1)c1ccc(Cl)cc1. The maximum Gasteiger partial charge on any atom is 0.0888 e. The van der Waals surface area contributed by atoms with Gasteiger partial charge in [0.2, 0.25) is 0 Å². The second-order valence-electron chi connectivity index (χ2n) is 4.07. The van der Waals surface area contributed by atoms with Crippen LogP contribution in [0.4, 0.5) is 0 Å². The molecule has 0 saturated heterocycles. The fourth-order valence-electron chi connectivity index (χ4n) is 1.54. The Morgan fingerprint density at radius 1 is 1.10 bits per heavy atom. The molecule has 1 aromatic carbocycles. The van der Waals surface area contributed by atoms with Crippen LogP contribution < -0.4 is 0 Å². The molecule has 20 heavy (non-hydrogen) atoms. The van der Waals surface area contributed by atoms with E-state index in [0.29, 0.717) is 5.02 Å². The first-order valence-corrected chi connectivity index (χ1v) is 9.50. The van der Waals surface area contributed by atoms with Gasteiger partial charge in [-0.25, -0.2) is 0 Å². The van der Waals surface area contributed by atoms with Gasteiger partial charge in [0.25, 0.3) is 0 Å². The monoisotopic (exact) mass is 376 g/mol. The number of rotatable bonds is 2. The summed E-state index contributed by atoms with van der Waals surface area (Å²) in [5.74, 6) is 0.248. The Hall–Kier alpha value is 0.160. The number of halogens is 2. The molecule has 1 aliphatic rings. The molecule has 0 aromatic heterocycles. The summed E-state index contributed by atoms with van der Waals surface area (Å²) in [6.45, 7) is 0. The predicted octanol–water partition coefficient (Wildman–Crippen LogP) is 6.42. The lowest BCUT2D eigenvalue weighted by Crippen LogP contribution is -2.06. The van der Waals surface area contributed by atoms with E-state index in [1.807, 2.05) is 42.5 Å². The molecular weight excluding hydrogens is 367 g/mol. The minimum Gasteiger partial charge on any atom is -0.0847 e. The topological polar surface area (TPSA) is 0 Å². The smallest absolute Gasteiger partial charge is 0.0847 e. The van der Waals surface area contributed by atoms with Crippen LogP contribution in [-0.4, -0.2) is 8.39 Å². The maximum absolute atomic E-state index is 5.89. The van der Waals surface area contributed by atoms with Gasteiger partial charge in [0.05, 0.1) is 8.39 Å². The van der Waals surface area contributed by atoms with Gasteiger partial charge in [-0.15, -0.1) is 0 Å². The molecule has 0 aliphatic heterocycles. The second kappa shape index (κ2) is 7.97. The highest BCUT2D eigenvalue weighted by Gasteiger charge is 2.15. The highest BCUT2D eigenvalue weighted by atomic mass is 35.5. The van der Waals surface area contributed by atoms with Gasteiger partial charge in [-0.3, -0.25) is 0 Å². The molecule has 104 valence electrons. The van der Waals surface area contributed by atoms with Crippen LogP contribution in [0.1, 0.15) is 12.0 Å². The normalized spacial score (nSPS) is 17.7. The van der Waals surface area contributed by atoms with Crippen LogP contribution in [0.25, 0.3) is 0 Å². The zero-order valence-electron chi connectivity index (χ0n) is 10.2. The third-order valence-corrected chi connectivity index (χ3v) is 7.07. The Balaban J connectivity index is 1.86. The van der Waals surface area contributed by atoms with E-state index in [0.717, 1.165) is 25.4 Å². The first-order chi connectivity index (χ1) is 9.56. The van der Waals surface area contributed by atoms with Gasteiger partial charge in [-0.2, -0.15) is 0 Å². The fourth-order valence-corrected chi connectivity index (χ4v) is 4.58. The fraction of sp³-hybridized carbons (Fsp3) is 0.143. The maximum atomic E-state index is 5.89. The van der Waals surface area contributed by atoms with Crippen molar-refractivity contribution in [3.63, 3.8) is 0 Å². The van der Waals surface area contributed by atoms with Crippen LogP contribution in [0, 0.1) is 5.92 Å². The molecule has 6 heteroatoms. The van der Waals surface area contributed by atoms with E-state index >= 15 is 0 Å². The molecule has 0 heterocycles. The summed E-state index contributed by atoms with van der Waals surface area (Å²) in [5, 5.41) is 1.49. The summed E-state index contributed by atoms with van der Waals surface area (Å²) in [7, 11) is 3.06. The van der Waals surface area contributed by atoms with Crippen molar-refractivity contribution in [2.24, 2.45) is 5.92 Å². The summed E-state index contributed by atoms with van der Waals surface area (Å²) in [5.41, 5.74) is 0.992. The molecule has 0 saturated carbocycles. The van der Waals surface area contributed by atoms with Crippen LogP contribution in [0.3, 0.4) is 0 Å². The van der Waals surface area contributed by atoms with E-state index < -0.39 is 0 Å².